The van der Waals surface area contributed by atoms with Gasteiger partial charge in [0.05, 0.1) is 5.92 Å². The summed E-state index contributed by atoms with van der Waals surface area (Å²) in [6.07, 6.45) is -4.00. The van der Waals surface area contributed by atoms with E-state index >= 15 is 0 Å². The number of nitrogens with zero attached hydrogens (tertiary/aromatic N) is 1. The van der Waals surface area contributed by atoms with Gasteiger partial charge < -0.3 is 10.6 Å². The molecule has 0 amide bonds. The Kier molecular flexibility index (Phi) is 2.63. The first-order valence-electron chi connectivity index (χ1n) is 3.92. The van der Waals surface area contributed by atoms with E-state index in [9.17, 15) is 13.2 Å². The Balaban J connectivity index is 2.57. The standard InChI is InChI=1S/C7H13F3N2/c1-12-3-2-5(6(11)4-12)7(8,9)10/h5-6H,2-4,11H2,1H3. The molecule has 12 heavy (non-hydrogen) atoms. The summed E-state index contributed by atoms with van der Waals surface area (Å²) in [4.78, 5) is 1.83. The number of halogens is 3. The minimum absolute atomic E-state index is 0.126. The SMILES string of the molecule is CN1CCC(C(F)(F)F)C(N)C1. The summed E-state index contributed by atoms with van der Waals surface area (Å²) < 4.78 is 36.7. The third kappa shape index (κ3) is 2.10. The lowest BCUT2D eigenvalue weighted by Crippen LogP contribution is -2.51. The first kappa shape index (κ1) is 9.80. The van der Waals surface area contributed by atoms with Crippen molar-refractivity contribution < 1.29 is 13.2 Å². The van der Waals surface area contributed by atoms with Gasteiger partial charge in [0.25, 0.3) is 0 Å². The van der Waals surface area contributed by atoms with Crippen LogP contribution in [0.25, 0.3) is 0 Å². The Bertz CT molecular complexity index is 157. The number of likely N-dealkylation sites (N-methyl/N-ethyl adjacent to an activating group) is 1. The third-order valence-corrected chi connectivity index (χ3v) is 2.28. The lowest BCUT2D eigenvalue weighted by molar-refractivity contribution is -0.188. The predicted octanol–water partition coefficient (Wildman–Crippen LogP) is 0.828. The van der Waals surface area contributed by atoms with E-state index in [0.29, 0.717) is 13.1 Å². The normalized spacial score (nSPS) is 33.8. The highest BCUT2D eigenvalue weighted by molar-refractivity contribution is 4.85. The average molecular weight is 182 g/mol. The van der Waals surface area contributed by atoms with E-state index in [1.165, 1.54) is 0 Å². The second-order valence-electron chi connectivity index (χ2n) is 3.36. The summed E-state index contributed by atoms with van der Waals surface area (Å²) in [5, 5.41) is 0. The van der Waals surface area contributed by atoms with Gasteiger partial charge in [-0.2, -0.15) is 13.2 Å². The zero-order valence-electron chi connectivity index (χ0n) is 6.93. The molecule has 0 radical (unpaired) electrons. The monoisotopic (exact) mass is 182 g/mol. The molecule has 72 valence electrons. The lowest BCUT2D eigenvalue weighted by Gasteiger charge is -2.35. The summed E-state index contributed by atoms with van der Waals surface area (Å²) in [6, 6.07) is -0.760. The van der Waals surface area contributed by atoms with Crippen molar-refractivity contribution >= 4 is 0 Å². The van der Waals surface area contributed by atoms with Crippen LogP contribution in [0, 0.1) is 5.92 Å². The molecule has 2 atom stereocenters. The van der Waals surface area contributed by atoms with Crippen LogP contribution < -0.4 is 5.73 Å². The molecule has 2 N–H and O–H groups in total. The van der Waals surface area contributed by atoms with Gasteiger partial charge in [0.15, 0.2) is 0 Å². The van der Waals surface area contributed by atoms with Crippen LogP contribution in [0.1, 0.15) is 6.42 Å². The molecular formula is C7H13F3N2. The van der Waals surface area contributed by atoms with Crippen LogP contribution in [0.5, 0.6) is 0 Å². The maximum atomic E-state index is 12.2. The summed E-state index contributed by atoms with van der Waals surface area (Å²) in [5.41, 5.74) is 5.39. The fraction of sp³-hybridized carbons (Fsp3) is 1.00. The van der Waals surface area contributed by atoms with Crippen molar-refractivity contribution in [2.24, 2.45) is 11.7 Å². The average Bonchev–Trinajstić information content (AvgIpc) is 1.83. The summed E-state index contributed by atoms with van der Waals surface area (Å²) in [5.74, 6) is -1.31. The molecule has 2 unspecified atom stereocenters. The second-order valence-corrected chi connectivity index (χ2v) is 3.36. The van der Waals surface area contributed by atoms with Crippen LogP contribution in [-0.2, 0) is 0 Å². The predicted molar refractivity (Wildman–Crippen MR) is 39.6 cm³/mol. The van der Waals surface area contributed by atoms with Crippen molar-refractivity contribution in [2.45, 2.75) is 18.6 Å². The van der Waals surface area contributed by atoms with Gasteiger partial charge in [-0.05, 0) is 20.0 Å². The number of nitrogens with two attached hydrogens (primary N) is 1. The van der Waals surface area contributed by atoms with Gasteiger partial charge >= 0.3 is 6.18 Å². The van der Waals surface area contributed by atoms with Crippen molar-refractivity contribution in [2.75, 3.05) is 20.1 Å². The van der Waals surface area contributed by atoms with Gasteiger partial charge in [-0.3, -0.25) is 0 Å². The van der Waals surface area contributed by atoms with Gasteiger partial charge in [-0.25, -0.2) is 0 Å². The summed E-state index contributed by atoms with van der Waals surface area (Å²) in [6.45, 7) is 0.821. The minimum Gasteiger partial charge on any atom is -0.326 e. The molecule has 0 saturated carbocycles. The van der Waals surface area contributed by atoms with E-state index in [0.717, 1.165) is 0 Å². The van der Waals surface area contributed by atoms with Gasteiger partial charge in [0.2, 0.25) is 0 Å². The summed E-state index contributed by atoms with van der Waals surface area (Å²) in [7, 11) is 1.78. The largest absolute Gasteiger partial charge is 0.393 e. The molecule has 5 heteroatoms. The quantitative estimate of drug-likeness (QED) is 0.601. The molecule has 1 heterocycles. The Morgan fingerprint density at radius 1 is 1.42 bits per heavy atom. The first-order valence-corrected chi connectivity index (χ1v) is 3.92. The molecule has 0 aliphatic carbocycles. The number of likely N-dealkylation sites (tertiary alicyclic amines) is 1. The zero-order valence-corrected chi connectivity index (χ0v) is 6.93. The van der Waals surface area contributed by atoms with Crippen molar-refractivity contribution in [1.29, 1.82) is 0 Å². The highest BCUT2D eigenvalue weighted by Crippen LogP contribution is 2.33. The maximum absolute atomic E-state index is 12.2. The van der Waals surface area contributed by atoms with Gasteiger partial charge in [0, 0.05) is 12.6 Å². The molecule has 0 spiro atoms. The van der Waals surface area contributed by atoms with Crippen LogP contribution >= 0.6 is 0 Å². The number of rotatable bonds is 0. The molecule has 0 bridgehead atoms. The lowest BCUT2D eigenvalue weighted by atomic mass is 9.92. The second kappa shape index (κ2) is 3.22. The number of piperidine rings is 1. The molecule has 1 saturated heterocycles. The van der Waals surface area contributed by atoms with E-state index in [1.54, 1.807) is 7.05 Å². The molecule has 0 aromatic carbocycles. The first-order chi connectivity index (χ1) is 5.41. The van der Waals surface area contributed by atoms with Crippen LogP contribution in [0.4, 0.5) is 13.2 Å². The van der Waals surface area contributed by atoms with Gasteiger partial charge in [0.1, 0.15) is 0 Å². The van der Waals surface area contributed by atoms with Crippen LogP contribution in [-0.4, -0.2) is 37.3 Å². The highest BCUT2D eigenvalue weighted by atomic mass is 19.4. The number of hydrogen-bond donors (Lipinski definition) is 1. The Morgan fingerprint density at radius 3 is 2.42 bits per heavy atom. The molecule has 1 aliphatic rings. The molecule has 1 fully saturated rings. The van der Waals surface area contributed by atoms with E-state index in [4.69, 9.17) is 5.73 Å². The van der Waals surface area contributed by atoms with Crippen LogP contribution in [0.2, 0.25) is 0 Å². The van der Waals surface area contributed by atoms with E-state index in [-0.39, 0.29) is 6.42 Å². The molecule has 0 aromatic heterocycles. The third-order valence-electron chi connectivity index (χ3n) is 2.28. The van der Waals surface area contributed by atoms with Crippen molar-refractivity contribution in [3.63, 3.8) is 0 Å². The fourth-order valence-electron chi connectivity index (χ4n) is 1.56. The van der Waals surface area contributed by atoms with E-state index in [1.807, 2.05) is 4.90 Å². The summed E-state index contributed by atoms with van der Waals surface area (Å²) >= 11 is 0. The smallest absolute Gasteiger partial charge is 0.326 e. The van der Waals surface area contributed by atoms with Crippen molar-refractivity contribution in [3.05, 3.63) is 0 Å². The van der Waals surface area contributed by atoms with Crippen molar-refractivity contribution in [3.8, 4) is 0 Å². The topological polar surface area (TPSA) is 29.3 Å². The maximum Gasteiger partial charge on any atom is 0.393 e. The fourth-order valence-corrected chi connectivity index (χ4v) is 1.56. The number of hydrogen-bond acceptors (Lipinski definition) is 2. The Labute approximate surface area is 69.5 Å². The molecule has 0 aromatic rings. The molecule has 2 nitrogen and oxygen atoms in total. The zero-order chi connectivity index (χ0) is 9.35. The van der Waals surface area contributed by atoms with Gasteiger partial charge in [-0.1, -0.05) is 0 Å². The van der Waals surface area contributed by atoms with E-state index in [2.05, 4.69) is 0 Å². The van der Waals surface area contributed by atoms with Crippen LogP contribution in [0.3, 0.4) is 0 Å². The van der Waals surface area contributed by atoms with Crippen LogP contribution in [0.15, 0.2) is 0 Å². The Hall–Kier alpha value is -0.290. The Morgan fingerprint density at radius 2 is 2.00 bits per heavy atom. The minimum atomic E-state index is -4.12. The molecular weight excluding hydrogens is 169 g/mol. The van der Waals surface area contributed by atoms with E-state index < -0.39 is 18.1 Å². The number of alkyl halides is 3. The van der Waals surface area contributed by atoms with Crippen molar-refractivity contribution in [1.82, 2.24) is 4.90 Å². The molecule has 1 rings (SSSR count). The molecule has 1 aliphatic heterocycles. The van der Waals surface area contributed by atoms with Gasteiger partial charge in [-0.15, -0.1) is 0 Å². The highest BCUT2D eigenvalue weighted by Gasteiger charge is 2.44.